The Bertz CT molecular complexity index is 892. The van der Waals surface area contributed by atoms with Crippen molar-refractivity contribution < 1.29 is 9.53 Å². The molecule has 0 saturated heterocycles. The zero-order chi connectivity index (χ0) is 17.2. The molecule has 1 heterocycles. The lowest BCUT2D eigenvalue weighted by atomic mass is 10.1. The van der Waals surface area contributed by atoms with Crippen molar-refractivity contribution in [2.45, 2.75) is 12.3 Å². The molecule has 1 aliphatic rings. The Morgan fingerprint density at radius 3 is 2.76 bits per heavy atom. The highest BCUT2D eigenvalue weighted by atomic mass is 16.5. The van der Waals surface area contributed by atoms with Crippen LogP contribution in [-0.2, 0) is 4.79 Å². The zero-order valence-electron chi connectivity index (χ0n) is 13.8. The number of hydrogen-bond acceptors (Lipinski definition) is 4. The van der Waals surface area contributed by atoms with E-state index in [0.717, 1.165) is 29.1 Å². The van der Waals surface area contributed by atoms with Crippen LogP contribution in [0.5, 0.6) is 5.75 Å². The fraction of sp³-hybridized carbons (Fsp3) is 0.211. The average molecular weight is 334 g/mol. The van der Waals surface area contributed by atoms with E-state index in [2.05, 4.69) is 15.5 Å². The van der Waals surface area contributed by atoms with Gasteiger partial charge in [-0.25, -0.2) is 0 Å². The molecule has 1 aliphatic carbocycles. The molecule has 6 heteroatoms. The second-order valence-corrected chi connectivity index (χ2v) is 6.10. The number of ether oxygens (including phenoxy) is 1. The maximum Gasteiger partial charge on any atom is 0.228 e. The van der Waals surface area contributed by atoms with Crippen LogP contribution in [0.4, 0.5) is 5.69 Å². The third-order valence-corrected chi connectivity index (χ3v) is 4.50. The fourth-order valence-electron chi connectivity index (χ4n) is 3.11. The van der Waals surface area contributed by atoms with Gasteiger partial charge >= 0.3 is 0 Å². The number of benzene rings is 2. The molecule has 1 fully saturated rings. The molecule has 0 spiro atoms. The Kier molecular flexibility index (Phi) is 3.93. The van der Waals surface area contributed by atoms with Gasteiger partial charge < -0.3 is 10.1 Å². The number of carbonyl (C=O) groups is 1. The smallest absolute Gasteiger partial charge is 0.228 e. The third-order valence-electron chi connectivity index (χ3n) is 4.50. The summed E-state index contributed by atoms with van der Waals surface area (Å²) < 4.78 is 7.20. The van der Waals surface area contributed by atoms with Gasteiger partial charge in [0, 0.05) is 11.6 Å². The number of aromatic nitrogens is 3. The number of amides is 1. The summed E-state index contributed by atoms with van der Waals surface area (Å²) in [6, 6.07) is 15.5. The molecule has 2 atom stereocenters. The molecule has 0 bridgehead atoms. The molecule has 25 heavy (non-hydrogen) atoms. The van der Waals surface area contributed by atoms with Gasteiger partial charge in [-0.15, -0.1) is 10.2 Å². The van der Waals surface area contributed by atoms with E-state index in [4.69, 9.17) is 4.74 Å². The number of para-hydroxylation sites is 1. The number of carbonyl (C=O) groups excluding carboxylic acids is 1. The average Bonchev–Trinajstić information content (AvgIpc) is 3.26. The van der Waals surface area contributed by atoms with E-state index in [0.29, 0.717) is 0 Å². The monoisotopic (exact) mass is 334 g/mol. The highest BCUT2D eigenvalue weighted by molar-refractivity contribution is 5.95. The molecule has 1 N–H and O–H groups in total. The molecule has 0 aliphatic heterocycles. The SMILES string of the molecule is COc1ccccc1[C@H]1C[C@@H]1C(=O)Nc1cccc(-n2cnnc2)c1. The molecule has 1 saturated carbocycles. The van der Waals surface area contributed by atoms with Gasteiger partial charge in [-0.2, -0.15) is 0 Å². The first kappa shape index (κ1) is 15.4. The summed E-state index contributed by atoms with van der Waals surface area (Å²) in [6.07, 6.45) is 4.09. The van der Waals surface area contributed by atoms with Crippen molar-refractivity contribution in [3.05, 3.63) is 66.7 Å². The normalized spacial score (nSPS) is 18.6. The van der Waals surface area contributed by atoms with Gasteiger partial charge in [0.2, 0.25) is 5.91 Å². The lowest BCUT2D eigenvalue weighted by molar-refractivity contribution is -0.117. The summed E-state index contributed by atoms with van der Waals surface area (Å²) in [7, 11) is 1.66. The molecule has 0 unspecified atom stereocenters. The first-order valence-electron chi connectivity index (χ1n) is 8.15. The van der Waals surface area contributed by atoms with Crippen LogP contribution in [0.1, 0.15) is 17.9 Å². The molecule has 126 valence electrons. The largest absolute Gasteiger partial charge is 0.496 e. The fourth-order valence-corrected chi connectivity index (χ4v) is 3.11. The molecular weight excluding hydrogens is 316 g/mol. The van der Waals surface area contributed by atoms with Crippen LogP contribution in [0.15, 0.2) is 61.2 Å². The number of rotatable bonds is 5. The minimum atomic E-state index is -0.0186. The lowest BCUT2D eigenvalue weighted by Gasteiger charge is -2.09. The van der Waals surface area contributed by atoms with Crippen molar-refractivity contribution >= 4 is 11.6 Å². The molecule has 1 amide bonds. The molecule has 0 radical (unpaired) electrons. The summed E-state index contributed by atoms with van der Waals surface area (Å²) in [5.74, 6) is 1.08. The van der Waals surface area contributed by atoms with Crippen LogP contribution in [0.3, 0.4) is 0 Å². The summed E-state index contributed by atoms with van der Waals surface area (Å²) >= 11 is 0. The molecule has 1 aromatic heterocycles. The highest BCUT2D eigenvalue weighted by Gasteiger charge is 2.45. The van der Waals surface area contributed by atoms with Crippen molar-refractivity contribution in [3.8, 4) is 11.4 Å². The van der Waals surface area contributed by atoms with Gasteiger partial charge in [-0.3, -0.25) is 9.36 Å². The number of nitrogens with one attached hydrogen (secondary N) is 1. The van der Waals surface area contributed by atoms with E-state index < -0.39 is 0 Å². The Morgan fingerprint density at radius 2 is 1.96 bits per heavy atom. The van der Waals surface area contributed by atoms with Crippen molar-refractivity contribution in [2.75, 3.05) is 12.4 Å². The number of methoxy groups -OCH3 is 1. The second-order valence-electron chi connectivity index (χ2n) is 6.10. The summed E-state index contributed by atoms with van der Waals surface area (Å²) in [6.45, 7) is 0. The number of hydrogen-bond donors (Lipinski definition) is 1. The van der Waals surface area contributed by atoms with Crippen LogP contribution in [0, 0.1) is 5.92 Å². The molecular formula is C19H18N4O2. The molecule has 2 aromatic carbocycles. The second kappa shape index (κ2) is 6.39. The summed E-state index contributed by atoms with van der Waals surface area (Å²) in [5.41, 5.74) is 2.77. The van der Waals surface area contributed by atoms with Gasteiger partial charge in [0.25, 0.3) is 0 Å². The lowest BCUT2D eigenvalue weighted by Crippen LogP contribution is -2.14. The number of nitrogens with zero attached hydrogens (tertiary/aromatic N) is 3. The quantitative estimate of drug-likeness (QED) is 0.779. The standard InChI is InChI=1S/C19H18N4O2/c1-25-18-8-3-2-7-15(18)16-10-17(16)19(24)22-13-5-4-6-14(9-13)23-11-20-21-12-23/h2-9,11-12,16-17H,10H2,1H3,(H,22,24)/t16-,17+/m1/s1. The molecule has 3 aromatic rings. The van der Waals surface area contributed by atoms with Crippen molar-refractivity contribution in [3.63, 3.8) is 0 Å². The third kappa shape index (κ3) is 3.10. The maximum absolute atomic E-state index is 12.6. The van der Waals surface area contributed by atoms with Crippen molar-refractivity contribution in [1.82, 2.24) is 14.8 Å². The first-order chi connectivity index (χ1) is 12.3. The molecule has 6 nitrogen and oxygen atoms in total. The maximum atomic E-state index is 12.6. The Hall–Kier alpha value is -3.15. The van der Waals surface area contributed by atoms with Crippen LogP contribution in [0.25, 0.3) is 5.69 Å². The topological polar surface area (TPSA) is 69.0 Å². The van der Waals surface area contributed by atoms with Crippen molar-refractivity contribution in [2.24, 2.45) is 5.92 Å². The van der Waals surface area contributed by atoms with Gasteiger partial charge in [-0.1, -0.05) is 24.3 Å². The van der Waals surface area contributed by atoms with Crippen LogP contribution in [0.2, 0.25) is 0 Å². The predicted octanol–water partition coefficient (Wildman–Crippen LogP) is 3.02. The predicted molar refractivity (Wildman–Crippen MR) is 93.8 cm³/mol. The Labute approximate surface area is 145 Å². The number of anilines is 1. The summed E-state index contributed by atoms with van der Waals surface area (Å²) in [5, 5.41) is 10.6. The van der Waals surface area contributed by atoms with Crippen LogP contribution in [-0.4, -0.2) is 27.8 Å². The van der Waals surface area contributed by atoms with E-state index in [1.807, 2.05) is 48.5 Å². The van der Waals surface area contributed by atoms with Crippen LogP contribution < -0.4 is 10.1 Å². The van der Waals surface area contributed by atoms with Gasteiger partial charge in [0.15, 0.2) is 0 Å². The molecule has 4 rings (SSSR count). The summed E-state index contributed by atoms with van der Waals surface area (Å²) in [4.78, 5) is 12.6. The Morgan fingerprint density at radius 1 is 1.16 bits per heavy atom. The minimum absolute atomic E-state index is 0.0186. The van der Waals surface area contributed by atoms with Gasteiger partial charge in [0.05, 0.1) is 12.8 Å². The van der Waals surface area contributed by atoms with Gasteiger partial charge in [-0.05, 0) is 42.2 Å². The minimum Gasteiger partial charge on any atom is -0.496 e. The van der Waals surface area contributed by atoms with E-state index in [9.17, 15) is 4.79 Å². The van der Waals surface area contributed by atoms with Crippen LogP contribution >= 0.6 is 0 Å². The first-order valence-corrected chi connectivity index (χ1v) is 8.15. The van der Waals surface area contributed by atoms with E-state index in [1.165, 1.54) is 0 Å². The zero-order valence-corrected chi connectivity index (χ0v) is 13.8. The van der Waals surface area contributed by atoms with E-state index in [1.54, 1.807) is 24.3 Å². The highest BCUT2D eigenvalue weighted by Crippen LogP contribution is 2.50. The van der Waals surface area contributed by atoms with Gasteiger partial charge in [0.1, 0.15) is 18.4 Å². The van der Waals surface area contributed by atoms with E-state index >= 15 is 0 Å². The Balaban J connectivity index is 1.46. The van der Waals surface area contributed by atoms with E-state index in [-0.39, 0.29) is 17.7 Å². The van der Waals surface area contributed by atoms with Crippen molar-refractivity contribution in [1.29, 1.82) is 0 Å².